The van der Waals surface area contributed by atoms with E-state index in [1.807, 2.05) is 0 Å². The van der Waals surface area contributed by atoms with Crippen molar-refractivity contribution < 1.29 is 9.72 Å². The van der Waals surface area contributed by atoms with Crippen LogP contribution >= 0.6 is 11.8 Å². The van der Waals surface area contributed by atoms with Gasteiger partial charge in [0, 0.05) is 25.7 Å². The Morgan fingerprint density at radius 3 is 2.50 bits per heavy atom. The Morgan fingerprint density at radius 1 is 1.44 bits per heavy atom. The number of nitrogens with zero attached hydrogens (tertiary/aromatic N) is 2. The minimum absolute atomic E-state index is 0.0276. The van der Waals surface area contributed by atoms with Crippen molar-refractivity contribution in [2.45, 2.75) is 4.90 Å². The van der Waals surface area contributed by atoms with Crippen LogP contribution in [0.2, 0.25) is 0 Å². The lowest BCUT2D eigenvalue weighted by Gasteiger charge is -2.10. The molecular weight excluding hydrogens is 228 g/mol. The number of carbonyl (C=O) groups is 1. The van der Waals surface area contributed by atoms with Gasteiger partial charge in [-0.2, -0.15) is 0 Å². The minimum atomic E-state index is -0.474. The zero-order valence-corrected chi connectivity index (χ0v) is 10.1. The van der Waals surface area contributed by atoms with Crippen LogP contribution in [-0.2, 0) is 0 Å². The molecule has 0 aliphatic heterocycles. The van der Waals surface area contributed by atoms with E-state index in [0.29, 0.717) is 10.5 Å². The van der Waals surface area contributed by atoms with Gasteiger partial charge >= 0.3 is 0 Å². The summed E-state index contributed by atoms with van der Waals surface area (Å²) in [5.74, 6) is -0.240. The molecule has 0 aliphatic carbocycles. The van der Waals surface area contributed by atoms with Gasteiger partial charge in [-0.3, -0.25) is 14.9 Å². The number of nitro groups is 1. The highest BCUT2D eigenvalue weighted by Gasteiger charge is 2.17. The second kappa shape index (κ2) is 4.98. The Bertz CT molecular complexity index is 432. The molecule has 86 valence electrons. The van der Waals surface area contributed by atoms with E-state index in [1.54, 1.807) is 32.5 Å². The molecular formula is C10H12N2O3S. The van der Waals surface area contributed by atoms with E-state index >= 15 is 0 Å². The molecule has 0 saturated heterocycles. The molecule has 0 saturated carbocycles. The average molecular weight is 240 g/mol. The molecule has 6 heteroatoms. The van der Waals surface area contributed by atoms with Gasteiger partial charge in [0.05, 0.1) is 9.82 Å². The summed E-state index contributed by atoms with van der Waals surface area (Å²) in [6.07, 6.45) is 1.76. The number of hydrogen-bond acceptors (Lipinski definition) is 4. The first kappa shape index (κ1) is 12.5. The van der Waals surface area contributed by atoms with E-state index in [-0.39, 0.29) is 11.6 Å². The quantitative estimate of drug-likeness (QED) is 0.460. The molecule has 0 spiro atoms. The number of thioether (sulfide) groups is 1. The highest BCUT2D eigenvalue weighted by atomic mass is 32.2. The van der Waals surface area contributed by atoms with Crippen LogP contribution < -0.4 is 0 Å². The van der Waals surface area contributed by atoms with Gasteiger partial charge < -0.3 is 4.90 Å². The highest BCUT2D eigenvalue weighted by Crippen LogP contribution is 2.28. The zero-order valence-electron chi connectivity index (χ0n) is 9.26. The van der Waals surface area contributed by atoms with Crippen LogP contribution in [0.15, 0.2) is 23.1 Å². The fourth-order valence-electron chi connectivity index (χ4n) is 1.22. The van der Waals surface area contributed by atoms with E-state index in [4.69, 9.17) is 0 Å². The number of nitro benzene ring substituents is 1. The zero-order chi connectivity index (χ0) is 12.3. The molecule has 0 radical (unpaired) electrons. The fraction of sp³-hybridized carbons (Fsp3) is 0.300. The summed E-state index contributed by atoms with van der Waals surface area (Å²) in [6, 6.07) is 4.51. The maximum atomic E-state index is 11.6. The first-order valence-corrected chi connectivity index (χ1v) is 5.74. The van der Waals surface area contributed by atoms with Crippen molar-refractivity contribution in [3.63, 3.8) is 0 Å². The summed E-state index contributed by atoms with van der Waals surface area (Å²) in [6.45, 7) is 0. The molecule has 5 nitrogen and oxygen atoms in total. The van der Waals surface area contributed by atoms with E-state index in [0.717, 1.165) is 0 Å². The molecule has 1 amide bonds. The molecule has 0 aliphatic rings. The summed E-state index contributed by atoms with van der Waals surface area (Å²) in [5.41, 5.74) is 0.301. The van der Waals surface area contributed by atoms with Crippen molar-refractivity contribution in [1.82, 2.24) is 4.90 Å². The van der Waals surface area contributed by atoms with Gasteiger partial charge in [0.1, 0.15) is 0 Å². The van der Waals surface area contributed by atoms with Crippen molar-refractivity contribution in [2.75, 3.05) is 20.4 Å². The molecule has 1 aromatic rings. The maximum absolute atomic E-state index is 11.6. The predicted octanol–water partition coefficient (Wildman–Crippen LogP) is 2.02. The van der Waals surface area contributed by atoms with Gasteiger partial charge in [-0.15, -0.1) is 11.8 Å². The third-order valence-corrected chi connectivity index (χ3v) is 2.81. The third kappa shape index (κ3) is 2.52. The van der Waals surface area contributed by atoms with Gasteiger partial charge in [-0.1, -0.05) is 0 Å². The van der Waals surface area contributed by atoms with E-state index < -0.39 is 4.92 Å². The Balaban J connectivity index is 3.22. The van der Waals surface area contributed by atoms with Crippen LogP contribution in [-0.4, -0.2) is 36.1 Å². The van der Waals surface area contributed by atoms with Gasteiger partial charge in [-0.05, 0) is 18.4 Å². The minimum Gasteiger partial charge on any atom is -0.345 e. The van der Waals surface area contributed by atoms with E-state index in [9.17, 15) is 14.9 Å². The largest absolute Gasteiger partial charge is 0.345 e. The van der Waals surface area contributed by atoms with Crippen molar-refractivity contribution in [3.8, 4) is 0 Å². The standard InChI is InChI=1S/C10H12N2O3S/c1-11(2)10(13)7-4-5-9(16-3)8(6-7)12(14)15/h4-6H,1-3H3. The number of rotatable bonds is 3. The Labute approximate surface area is 97.6 Å². The molecule has 0 bridgehead atoms. The lowest BCUT2D eigenvalue weighted by atomic mass is 10.2. The number of benzene rings is 1. The fourth-order valence-corrected chi connectivity index (χ4v) is 1.77. The Morgan fingerprint density at radius 2 is 2.06 bits per heavy atom. The van der Waals surface area contributed by atoms with Crippen molar-refractivity contribution >= 4 is 23.4 Å². The smallest absolute Gasteiger partial charge is 0.283 e. The van der Waals surface area contributed by atoms with Gasteiger partial charge in [-0.25, -0.2) is 0 Å². The lowest BCUT2D eigenvalue weighted by Crippen LogP contribution is -2.21. The summed E-state index contributed by atoms with van der Waals surface area (Å²) in [7, 11) is 3.22. The number of hydrogen-bond donors (Lipinski definition) is 0. The molecule has 0 fully saturated rings. The molecule has 0 heterocycles. The highest BCUT2D eigenvalue weighted by molar-refractivity contribution is 7.98. The lowest BCUT2D eigenvalue weighted by molar-refractivity contribution is -0.387. The summed E-state index contributed by atoms with van der Waals surface area (Å²) < 4.78 is 0. The maximum Gasteiger partial charge on any atom is 0.283 e. The van der Waals surface area contributed by atoms with Crippen LogP contribution in [0.25, 0.3) is 0 Å². The number of amides is 1. The van der Waals surface area contributed by atoms with Crippen LogP contribution in [0.3, 0.4) is 0 Å². The second-order valence-electron chi connectivity index (χ2n) is 3.34. The SMILES string of the molecule is CSc1ccc(C(=O)N(C)C)cc1[N+](=O)[O-]. The molecule has 1 aromatic carbocycles. The van der Waals surface area contributed by atoms with Gasteiger partial charge in [0.15, 0.2) is 0 Å². The van der Waals surface area contributed by atoms with Gasteiger partial charge in [0.25, 0.3) is 11.6 Å². The summed E-state index contributed by atoms with van der Waals surface area (Å²) in [4.78, 5) is 23.9. The molecule has 0 aromatic heterocycles. The average Bonchev–Trinajstić information content (AvgIpc) is 2.26. The Hall–Kier alpha value is -1.56. The van der Waals surface area contributed by atoms with Crippen LogP contribution in [0.4, 0.5) is 5.69 Å². The molecule has 0 unspecified atom stereocenters. The molecule has 1 rings (SSSR count). The Kier molecular flexibility index (Phi) is 3.89. The van der Waals surface area contributed by atoms with Crippen LogP contribution in [0.1, 0.15) is 10.4 Å². The first-order valence-electron chi connectivity index (χ1n) is 4.51. The van der Waals surface area contributed by atoms with Crippen molar-refractivity contribution in [2.24, 2.45) is 0 Å². The summed E-state index contributed by atoms with van der Waals surface area (Å²) in [5, 5.41) is 10.8. The molecule has 0 N–H and O–H groups in total. The number of carbonyl (C=O) groups excluding carboxylic acids is 1. The van der Waals surface area contributed by atoms with E-state index in [2.05, 4.69) is 0 Å². The van der Waals surface area contributed by atoms with E-state index in [1.165, 1.54) is 22.7 Å². The third-order valence-electron chi connectivity index (χ3n) is 2.03. The van der Waals surface area contributed by atoms with Gasteiger partial charge in [0.2, 0.25) is 0 Å². The summed E-state index contributed by atoms with van der Waals surface area (Å²) >= 11 is 1.29. The molecule has 0 atom stereocenters. The topological polar surface area (TPSA) is 63.5 Å². The van der Waals surface area contributed by atoms with Crippen LogP contribution in [0.5, 0.6) is 0 Å². The van der Waals surface area contributed by atoms with Crippen molar-refractivity contribution in [3.05, 3.63) is 33.9 Å². The van der Waals surface area contributed by atoms with Crippen molar-refractivity contribution in [1.29, 1.82) is 0 Å². The predicted molar refractivity (Wildman–Crippen MR) is 62.9 cm³/mol. The normalized spacial score (nSPS) is 9.94. The van der Waals surface area contributed by atoms with Crippen LogP contribution in [0, 0.1) is 10.1 Å². The monoisotopic (exact) mass is 240 g/mol. The molecule has 16 heavy (non-hydrogen) atoms. The first-order chi connectivity index (χ1) is 7.47. The second-order valence-corrected chi connectivity index (χ2v) is 4.19.